The van der Waals surface area contributed by atoms with Gasteiger partial charge in [0.15, 0.2) is 5.96 Å². The predicted molar refractivity (Wildman–Crippen MR) is 95.1 cm³/mol. The average molecular weight is 335 g/mol. The second kappa shape index (κ2) is 11.0. The Morgan fingerprint density at radius 2 is 2.21 bits per heavy atom. The van der Waals surface area contributed by atoms with Crippen LogP contribution in [0.5, 0.6) is 0 Å². The van der Waals surface area contributed by atoms with Crippen LogP contribution < -0.4 is 10.6 Å². The van der Waals surface area contributed by atoms with Gasteiger partial charge >= 0.3 is 0 Å². The molecular formula is C18H29N3O3. The van der Waals surface area contributed by atoms with Gasteiger partial charge in [0, 0.05) is 19.7 Å². The van der Waals surface area contributed by atoms with Crippen LogP contribution in [-0.2, 0) is 16.1 Å². The molecule has 134 valence electrons. The zero-order chi connectivity index (χ0) is 17.0. The van der Waals surface area contributed by atoms with E-state index in [0.29, 0.717) is 19.1 Å². The minimum absolute atomic E-state index is 0.257. The van der Waals surface area contributed by atoms with Crippen molar-refractivity contribution >= 4 is 5.96 Å². The van der Waals surface area contributed by atoms with Crippen molar-refractivity contribution in [2.24, 2.45) is 4.99 Å². The molecule has 0 amide bonds. The summed E-state index contributed by atoms with van der Waals surface area (Å²) in [4.78, 5) is 4.41. The molecule has 0 bridgehead atoms. The highest BCUT2D eigenvalue weighted by Crippen LogP contribution is 2.10. The van der Waals surface area contributed by atoms with E-state index < -0.39 is 6.10 Å². The van der Waals surface area contributed by atoms with E-state index in [0.717, 1.165) is 38.1 Å². The number of nitrogens with zero attached hydrogens (tertiary/aromatic N) is 1. The molecule has 6 heteroatoms. The molecule has 2 unspecified atom stereocenters. The number of hydrogen-bond acceptors (Lipinski definition) is 4. The van der Waals surface area contributed by atoms with Gasteiger partial charge in [0.05, 0.1) is 32.0 Å². The molecule has 0 aromatic heterocycles. The fourth-order valence-corrected chi connectivity index (χ4v) is 2.49. The van der Waals surface area contributed by atoms with E-state index in [1.807, 2.05) is 37.3 Å². The van der Waals surface area contributed by atoms with Crippen molar-refractivity contribution in [2.45, 2.75) is 38.6 Å². The molecule has 3 N–H and O–H groups in total. The van der Waals surface area contributed by atoms with E-state index in [4.69, 9.17) is 9.47 Å². The smallest absolute Gasteiger partial charge is 0.191 e. The van der Waals surface area contributed by atoms with Gasteiger partial charge in [0.25, 0.3) is 0 Å². The number of aliphatic hydroxyl groups is 1. The molecule has 1 heterocycles. The minimum atomic E-state index is -0.619. The summed E-state index contributed by atoms with van der Waals surface area (Å²) in [6, 6.07) is 9.92. The van der Waals surface area contributed by atoms with Crippen LogP contribution in [0, 0.1) is 0 Å². The second-order valence-electron chi connectivity index (χ2n) is 5.89. The number of aliphatic hydroxyl groups excluding tert-OH is 1. The Kier molecular flexibility index (Phi) is 8.59. The molecule has 2 atom stereocenters. The molecule has 1 fully saturated rings. The van der Waals surface area contributed by atoms with Crippen LogP contribution in [0.3, 0.4) is 0 Å². The van der Waals surface area contributed by atoms with E-state index in [-0.39, 0.29) is 12.7 Å². The van der Waals surface area contributed by atoms with Crippen molar-refractivity contribution in [3.05, 3.63) is 35.9 Å². The first-order valence-electron chi connectivity index (χ1n) is 8.71. The topological polar surface area (TPSA) is 75.1 Å². The molecule has 6 nitrogen and oxygen atoms in total. The SMILES string of the molecule is CCNC(=NCC(O)COCc1ccccc1)NCC1CCCO1. The van der Waals surface area contributed by atoms with Crippen LogP contribution in [0.25, 0.3) is 0 Å². The number of rotatable bonds is 9. The molecular weight excluding hydrogens is 306 g/mol. The normalized spacial score (nSPS) is 19.2. The Labute approximate surface area is 144 Å². The van der Waals surface area contributed by atoms with Gasteiger partial charge in [-0.2, -0.15) is 0 Å². The molecule has 24 heavy (non-hydrogen) atoms. The maximum absolute atomic E-state index is 10.0. The van der Waals surface area contributed by atoms with Gasteiger partial charge in [-0.3, -0.25) is 4.99 Å². The molecule has 1 saturated heterocycles. The van der Waals surface area contributed by atoms with Gasteiger partial charge in [-0.15, -0.1) is 0 Å². The zero-order valence-corrected chi connectivity index (χ0v) is 14.4. The molecule has 0 radical (unpaired) electrons. The van der Waals surface area contributed by atoms with E-state index in [1.54, 1.807) is 0 Å². The first-order valence-corrected chi connectivity index (χ1v) is 8.71. The van der Waals surface area contributed by atoms with Crippen molar-refractivity contribution in [1.82, 2.24) is 10.6 Å². The largest absolute Gasteiger partial charge is 0.389 e. The third kappa shape index (κ3) is 7.29. The molecule has 1 aliphatic heterocycles. The maximum atomic E-state index is 10.0. The summed E-state index contributed by atoms with van der Waals surface area (Å²) >= 11 is 0. The summed E-state index contributed by atoms with van der Waals surface area (Å²) in [5, 5.41) is 16.4. The van der Waals surface area contributed by atoms with E-state index in [9.17, 15) is 5.11 Å². The highest BCUT2D eigenvalue weighted by atomic mass is 16.5. The highest BCUT2D eigenvalue weighted by molar-refractivity contribution is 5.79. The lowest BCUT2D eigenvalue weighted by atomic mass is 10.2. The van der Waals surface area contributed by atoms with Gasteiger partial charge in [-0.1, -0.05) is 30.3 Å². The number of ether oxygens (including phenoxy) is 2. The van der Waals surface area contributed by atoms with Gasteiger partial charge < -0.3 is 25.2 Å². The van der Waals surface area contributed by atoms with Crippen LogP contribution in [0.1, 0.15) is 25.3 Å². The molecule has 1 aromatic rings. The van der Waals surface area contributed by atoms with Crippen molar-refractivity contribution in [3.63, 3.8) is 0 Å². The van der Waals surface area contributed by atoms with E-state index in [2.05, 4.69) is 15.6 Å². The lowest BCUT2D eigenvalue weighted by Gasteiger charge is -2.15. The molecule has 2 rings (SSSR count). The minimum Gasteiger partial charge on any atom is -0.389 e. The number of hydrogen-bond donors (Lipinski definition) is 3. The summed E-state index contributed by atoms with van der Waals surface area (Å²) in [6.45, 7) is 5.45. The fraction of sp³-hybridized carbons (Fsp3) is 0.611. The summed E-state index contributed by atoms with van der Waals surface area (Å²) in [7, 11) is 0. The van der Waals surface area contributed by atoms with Crippen LogP contribution in [0.4, 0.5) is 0 Å². The second-order valence-corrected chi connectivity index (χ2v) is 5.89. The monoisotopic (exact) mass is 335 g/mol. The lowest BCUT2D eigenvalue weighted by molar-refractivity contribution is 0.0331. The molecule has 1 aromatic carbocycles. The van der Waals surface area contributed by atoms with Crippen LogP contribution in [-0.4, -0.2) is 56.1 Å². The standard InChI is InChI=1S/C18H29N3O3/c1-2-19-18(21-12-17-9-6-10-24-17)20-11-16(22)14-23-13-15-7-4-3-5-8-15/h3-5,7-8,16-17,22H,2,6,9-14H2,1H3,(H2,19,20,21). The van der Waals surface area contributed by atoms with Gasteiger partial charge in [0.1, 0.15) is 0 Å². The predicted octanol–water partition coefficient (Wildman–Crippen LogP) is 1.30. The quantitative estimate of drug-likeness (QED) is 0.468. The average Bonchev–Trinajstić information content (AvgIpc) is 3.12. The first kappa shape index (κ1) is 18.7. The molecule has 0 saturated carbocycles. The number of aliphatic imine (C=N–C) groups is 1. The van der Waals surface area contributed by atoms with Crippen LogP contribution >= 0.6 is 0 Å². The Hall–Kier alpha value is -1.63. The van der Waals surface area contributed by atoms with E-state index >= 15 is 0 Å². The third-order valence-corrected chi connectivity index (χ3v) is 3.75. The summed E-state index contributed by atoms with van der Waals surface area (Å²) in [6.07, 6.45) is 1.85. The zero-order valence-electron chi connectivity index (χ0n) is 14.4. The Bertz CT molecular complexity index is 476. The van der Waals surface area contributed by atoms with Gasteiger partial charge in [-0.25, -0.2) is 0 Å². The number of guanidine groups is 1. The Balaban J connectivity index is 1.66. The summed E-state index contributed by atoms with van der Waals surface area (Å²) in [5.41, 5.74) is 1.10. The number of benzene rings is 1. The van der Waals surface area contributed by atoms with Crippen molar-refractivity contribution in [1.29, 1.82) is 0 Å². The van der Waals surface area contributed by atoms with Crippen molar-refractivity contribution < 1.29 is 14.6 Å². The van der Waals surface area contributed by atoms with E-state index in [1.165, 1.54) is 0 Å². The van der Waals surface area contributed by atoms with Crippen molar-refractivity contribution in [3.8, 4) is 0 Å². The Morgan fingerprint density at radius 3 is 2.92 bits per heavy atom. The lowest BCUT2D eigenvalue weighted by Crippen LogP contribution is -2.41. The fourth-order valence-electron chi connectivity index (χ4n) is 2.49. The van der Waals surface area contributed by atoms with Gasteiger partial charge in [0.2, 0.25) is 0 Å². The summed E-state index contributed by atoms with van der Waals surface area (Å²) in [5.74, 6) is 0.704. The molecule has 0 aliphatic carbocycles. The van der Waals surface area contributed by atoms with Gasteiger partial charge in [-0.05, 0) is 25.3 Å². The van der Waals surface area contributed by atoms with Crippen LogP contribution in [0.15, 0.2) is 35.3 Å². The third-order valence-electron chi connectivity index (χ3n) is 3.75. The van der Waals surface area contributed by atoms with Crippen molar-refractivity contribution in [2.75, 3.05) is 32.8 Å². The first-order chi connectivity index (χ1) is 11.8. The Morgan fingerprint density at radius 1 is 1.38 bits per heavy atom. The molecule has 0 spiro atoms. The van der Waals surface area contributed by atoms with Crippen LogP contribution in [0.2, 0.25) is 0 Å². The maximum Gasteiger partial charge on any atom is 0.191 e. The number of nitrogens with one attached hydrogen (secondary N) is 2. The summed E-state index contributed by atoms with van der Waals surface area (Å²) < 4.78 is 11.1. The highest BCUT2D eigenvalue weighted by Gasteiger charge is 2.15. The molecule has 1 aliphatic rings.